The molecule has 20 heavy (non-hydrogen) atoms. The highest BCUT2D eigenvalue weighted by molar-refractivity contribution is 6.28. The van der Waals surface area contributed by atoms with E-state index < -0.39 is 4.92 Å². The van der Waals surface area contributed by atoms with Crippen molar-refractivity contribution in [1.82, 2.24) is 15.0 Å². The van der Waals surface area contributed by atoms with Crippen LogP contribution in [0.1, 0.15) is 5.56 Å². The molecule has 1 aromatic carbocycles. The average Bonchev–Trinajstić information content (AvgIpc) is 2.37. The van der Waals surface area contributed by atoms with Crippen molar-refractivity contribution in [2.45, 2.75) is 6.92 Å². The van der Waals surface area contributed by atoms with Crippen molar-refractivity contribution in [1.29, 1.82) is 0 Å². The summed E-state index contributed by atoms with van der Waals surface area (Å²) in [6.07, 6.45) is 0. The summed E-state index contributed by atoms with van der Waals surface area (Å²) in [6, 6.07) is 4.21. The molecule has 0 amide bonds. The molecule has 0 N–H and O–H groups in total. The number of methoxy groups -OCH3 is 1. The second-order valence-corrected chi connectivity index (χ2v) is 4.04. The van der Waals surface area contributed by atoms with Crippen LogP contribution in [0.3, 0.4) is 0 Å². The van der Waals surface area contributed by atoms with E-state index in [1.165, 1.54) is 19.2 Å². The van der Waals surface area contributed by atoms with Crippen LogP contribution in [-0.2, 0) is 0 Å². The van der Waals surface area contributed by atoms with Crippen LogP contribution in [0.2, 0.25) is 5.28 Å². The standard InChI is InChI=1S/C11H9ClN4O4/c1-6-3-4-7(16(17)18)8(5-6)20-11-14-9(12)13-10(15-11)19-2/h3-5H,1-2H3. The number of aromatic nitrogens is 3. The largest absolute Gasteiger partial charge is 0.467 e. The predicted molar refractivity (Wildman–Crippen MR) is 69.3 cm³/mol. The van der Waals surface area contributed by atoms with Crippen LogP contribution in [0.4, 0.5) is 5.69 Å². The van der Waals surface area contributed by atoms with Gasteiger partial charge in [-0.1, -0.05) is 6.07 Å². The molecule has 2 aromatic rings. The van der Waals surface area contributed by atoms with E-state index in [-0.39, 0.29) is 28.7 Å². The van der Waals surface area contributed by atoms with E-state index in [2.05, 4.69) is 15.0 Å². The third-order valence-corrected chi connectivity index (χ3v) is 2.43. The van der Waals surface area contributed by atoms with Crippen molar-refractivity contribution in [2.24, 2.45) is 0 Å². The minimum absolute atomic E-state index is 0.0133. The third kappa shape index (κ3) is 3.09. The van der Waals surface area contributed by atoms with Crippen LogP contribution in [0, 0.1) is 17.0 Å². The lowest BCUT2D eigenvalue weighted by molar-refractivity contribution is -0.385. The Hall–Kier alpha value is -2.48. The lowest BCUT2D eigenvalue weighted by atomic mass is 10.2. The predicted octanol–water partition coefficient (Wildman–Crippen LogP) is 2.54. The van der Waals surface area contributed by atoms with Crippen LogP contribution in [-0.4, -0.2) is 27.0 Å². The van der Waals surface area contributed by atoms with E-state index >= 15 is 0 Å². The number of rotatable bonds is 4. The summed E-state index contributed by atoms with van der Waals surface area (Å²) in [6.45, 7) is 1.78. The molecule has 0 aliphatic carbocycles. The number of hydrogen-bond donors (Lipinski definition) is 0. The Morgan fingerprint density at radius 3 is 2.60 bits per heavy atom. The molecule has 0 aliphatic heterocycles. The molecular weight excluding hydrogens is 288 g/mol. The van der Waals surface area contributed by atoms with Gasteiger partial charge in [-0.15, -0.1) is 4.98 Å². The summed E-state index contributed by atoms with van der Waals surface area (Å²) in [5, 5.41) is 10.8. The zero-order valence-electron chi connectivity index (χ0n) is 10.5. The van der Waals surface area contributed by atoms with Gasteiger partial charge in [0.05, 0.1) is 12.0 Å². The van der Waals surface area contributed by atoms with Crippen LogP contribution in [0.5, 0.6) is 17.8 Å². The van der Waals surface area contributed by atoms with Crippen molar-refractivity contribution in [3.8, 4) is 17.8 Å². The first-order valence-corrected chi connectivity index (χ1v) is 5.76. The maximum atomic E-state index is 10.9. The van der Waals surface area contributed by atoms with Crippen molar-refractivity contribution >= 4 is 17.3 Å². The van der Waals surface area contributed by atoms with E-state index in [9.17, 15) is 10.1 Å². The molecule has 0 bridgehead atoms. The fourth-order valence-corrected chi connectivity index (χ4v) is 1.55. The molecule has 0 spiro atoms. The molecule has 0 fully saturated rings. The molecule has 0 aliphatic rings. The van der Waals surface area contributed by atoms with Gasteiger partial charge >= 0.3 is 17.7 Å². The fourth-order valence-electron chi connectivity index (χ4n) is 1.40. The zero-order chi connectivity index (χ0) is 14.7. The Kier molecular flexibility index (Phi) is 3.94. The first kappa shape index (κ1) is 13.9. The number of aryl methyl sites for hydroxylation is 1. The molecule has 1 heterocycles. The highest BCUT2D eigenvalue weighted by atomic mass is 35.5. The van der Waals surface area contributed by atoms with Gasteiger partial charge in [-0.3, -0.25) is 10.1 Å². The normalized spacial score (nSPS) is 10.2. The Bertz CT molecular complexity index is 665. The number of benzene rings is 1. The van der Waals surface area contributed by atoms with Crippen molar-refractivity contribution in [3.05, 3.63) is 39.2 Å². The molecule has 0 radical (unpaired) electrons. The van der Waals surface area contributed by atoms with Gasteiger partial charge in [0, 0.05) is 6.07 Å². The van der Waals surface area contributed by atoms with Gasteiger partial charge in [-0.05, 0) is 30.2 Å². The van der Waals surface area contributed by atoms with Crippen molar-refractivity contribution in [3.63, 3.8) is 0 Å². The summed E-state index contributed by atoms with van der Waals surface area (Å²) in [5.74, 6) is 0.0133. The maximum absolute atomic E-state index is 10.9. The van der Waals surface area contributed by atoms with E-state index in [0.29, 0.717) is 0 Å². The second kappa shape index (κ2) is 5.66. The smallest absolute Gasteiger partial charge is 0.329 e. The van der Waals surface area contributed by atoms with Gasteiger partial charge in [0.1, 0.15) is 0 Å². The molecule has 0 saturated carbocycles. The molecule has 0 unspecified atom stereocenters. The minimum atomic E-state index is -0.561. The molecule has 0 atom stereocenters. The van der Waals surface area contributed by atoms with Gasteiger partial charge in [0.25, 0.3) is 0 Å². The lowest BCUT2D eigenvalue weighted by Gasteiger charge is -2.06. The Morgan fingerprint density at radius 1 is 1.25 bits per heavy atom. The van der Waals surface area contributed by atoms with Gasteiger partial charge in [-0.25, -0.2) is 0 Å². The number of nitrogens with zero attached hydrogens (tertiary/aromatic N) is 4. The molecule has 2 rings (SSSR count). The topological polar surface area (TPSA) is 100 Å². The summed E-state index contributed by atoms with van der Waals surface area (Å²) in [7, 11) is 1.35. The SMILES string of the molecule is COc1nc(Cl)nc(Oc2cc(C)ccc2[N+](=O)[O-])n1. The van der Waals surface area contributed by atoms with Crippen LogP contribution >= 0.6 is 11.6 Å². The summed E-state index contributed by atoms with van der Waals surface area (Å²) in [4.78, 5) is 21.6. The molecule has 0 saturated heterocycles. The number of halogens is 1. The summed E-state index contributed by atoms with van der Waals surface area (Å²) in [5.41, 5.74) is 0.587. The molecule has 8 nitrogen and oxygen atoms in total. The fraction of sp³-hybridized carbons (Fsp3) is 0.182. The lowest BCUT2D eigenvalue weighted by Crippen LogP contribution is -2.00. The monoisotopic (exact) mass is 296 g/mol. The second-order valence-electron chi connectivity index (χ2n) is 3.70. The first-order chi connectivity index (χ1) is 9.49. The third-order valence-electron chi connectivity index (χ3n) is 2.26. The van der Waals surface area contributed by atoms with E-state index in [1.54, 1.807) is 13.0 Å². The van der Waals surface area contributed by atoms with Gasteiger partial charge in [-0.2, -0.15) is 9.97 Å². The van der Waals surface area contributed by atoms with Crippen LogP contribution < -0.4 is 9.47 Å². The highest BCUT2D eigenvalue weighted by Gasteiger charge is 2.17. The Morgan fingerprint density at radius 2 is 1.95 bits per heavy atom. The number of ether oxygens (including phenoxy) is 2. The van der Waals surface area contributed by atoms with E-state index in [0.717, 1.165) is 5.56 Å². The molecule has 1 aromatic heterocycles. The van der Waals surface area contributed by atoms with Crippen LogP contribution in [0.25, 0.3) is 0 Å². The first-order valence-electron chi connectivity index (χ1n) is 5.38. The highest BCUT2D eigenvalue weighted by Crippen LogP contribution is 2.31. The molecule has 104 valence electrons. The van der Waals surface area contributed by atoms with Gasteiger partial charge in [0.15, 0.2) is 0 Å². The van der Waals surface area contributed by atoms with E-state index in [4.69, 9.17) is 21.1 Å². The van der Waals surface area contributed by atoms with Crippen molar-refractivity contribution < 1.29 is 14.4 Å². The summed E-state index contributed by atoms with van der Waals surface area (Å²) < 4.78 is 10.1. The Balaban J connectivity index is 2.41. The van der Waals surface area contributed by atoms with Crippen LogP contribution in [0.15, 0.2) is 18.2 Å². The molecule has 9 heteroatoms. The van der Waals surface area contributed by atoms with E-state index in [1.807, 2.05) is 0 Å². The van der Waals surface area contributed by atoms with Gasteiger partial charge < -0.3 is 9.47 Å². The zero-order valence-corrected chi connectivity index (χ0v) is 11.3. The Labute approximate surface area is 118 Å². The minimum Gasteiger partial charge on any atom is -0.467 e. The number of nitro groups is 1. The average molecular weight is 297 g/mol. The van der Waals surface area contributed by atoms with Crippen molar-refractivity contribution in [2.75, 3.05) is 7.11 Å². The number of nitro benzene ring substituents is 1. The number of hydrogen-bond acceptors (Lipinski definition) is 7. The maximum Gasteiger partial charge on any atom is 0.329 e. The van der Waals surface area contributed by atoms with Gasteiger partial charge in [0.2, 0.25) is 11.0 Å². The quantitative estimate of drug-likeness (QED) is 0.631. The summed E-state index contributed by atoms with van der Waals surface area (Å²) >= 11 is 5.67. The molecular formula is C11H9ClN4O4.